The van der Waals surface area contributed by atoms with E-state index >= 15 is 0 Å². The van der Waals surface area contributed by atoms with Crippen LogP contribution in [0.25, 0.3) is 0 Å². The molecule has 1 saturated heterocycles. The Morgan fingerprint density at radius 2 is 1.96 bits per heavy atom. The van der Waals surface area contributed by atoms with Crippen LogP contribution in [0.15, 0.2) is 35.5 Å². The minimum absolute atomic E-state index is 0.0791. The number of hydrogen-bond donors (Lipinski definition) is 1. The van der Waals surface area contributed by atoms with Gasteiger partial charge < -0.3 is 19.3 Å². The molecular formula is C21H28O7. The van der Waals surface area contributed by atoms with Crippen LogP contribution in [0, 0.1) is 11.8 Å². The van der Waals surface area contributed by atoms with Crippen molar-refractivity contribution in [2.75, 3.05) is 13.2 Å². The van der Waals surface area contributed by atoms with Gasteiger partial charge in [-0.3, -0.25) is 9.59 Å². The van der Waals surface area contributed by atoms with E-state index in [1.165, 1.54) is 6.92 Å². The van der Waals surface area contributed by atoms with Crippen LogP contribution in [-0.4, -0.2) is 48.4 Å². The first-order valence-electron chi connectivity index (χ1n) is 9.44. The third kappa shape index (κ3) is 5.79. The number of aliphatic hydroxyl groups excluding tert-OH is 1. The van der Waals surface area contributed by atoms with E-state index in [0.29, 0.717) is 12.8 Å². The molecule has 7 nitrogen and oxygen atoms in total. The Balaban J connectivity index is 2.23. The van der Waals surface area contributed by atoms with Crippen molar-refractivity contribution in [1.29, 1.82) is 0 Å². The van der Waals surface area contributed by atoms with E-state index in [1.807, 2.05) is 6.08 Å². The Labute approximate surface area is 165 Å². The SMILES string of the molecule is C=C1C(=O)OC2/C=C(\COC(C)=O)CC/C=C(\COC(=O)C(C)C)CC(O)C12. The molecule has 0 saturated carbocycles. The average molecular weight is 392 g/mol. The molecule has 0 amide bonds. The van der Waals surface area contributed by atoms with Crippen LogP contribution in [0.4, 0.5) is 0 Å². The van der Waals surface area contributed by atoms with Crippen LogP contribution in [0.3, 0.4) is 0 Å². The van der Waals surface area contributed by atoms with Crippen molar-refractivity contribution in [3.05, 3.63) is 35.5 Å². The van der Waals surface area contributed by atoms with Gasteiger partial charge in [-0.1, -0.05) is 26.5 Å². The van der Waals surface area contributed by atoms with E-state index in [2.05, 4.69) is 6.58 Å². The number of esters is 3. The lowest BCUT2D eigenvalue weighted by molar-refractivity contribution is -0.146. The molecule has 28 heavy (non-hydrogen) atoms. The summed E-state index contributed by atoms with van der Waals surface area (Å²) < 4.78 is 15.8. The van der Waals surface area contributed by atoms with Gasteiger partial charge in [-0.15, -0.1) is 0 Å². The molecule has 1 aliphatic carbocycles. The topological polar surface area (TPSA) is 99.1 Å². The molecule has 0 aromatic carbocycles. The molecule has 0 bridgehead atoms. The molecule has 2 aliphatic rings. The first-order valence-corrected chi connectivity index (χ1v) is 9.44. The molecule has 1 heterocycles. The van der Waals surface area contributed by atoms with Crippen molar-refractivity contribution < 1.29 is 33.7 Å². The van der Waals surface area contributed by atoms with Gasteiger partial charge in [-0.05, 0) is 36.5 Å². The van der Waals surface area contributed by atoms with E-state index in [0.717, 1.165) is 11.1 Å². The summed E-state index contributed by atoms with van der Waals surface area (Å²) in [5, 5.41) is 10.7. The van der Waals surface area contributed by atoms with Gasteiger partial charge in [-0.2, -0.15) is 0 Å². The molecule has 1 N–H and O–H groups in total. The molecule has 2 rings (SSSR count). The minimum Gasteiger partial charge on any atom is -0.461 e. The predicted molar refractivity (Wildman–Crippen MR) is 101 cm³/mol. The molecule has 0 radical (unpaired) electrons. The van der Waals surface area contributed by atoms with E-state index in [-0.39, 0.29) is 37.1 Å². The van der Waals surface area contributed by atoms with Crippen molar-refractivity contribution in [2.24, 2.45) is 11.8 Å². The fourth-order valence-electron chi connectivity index (χ4n) is 3.22. The number of aliphatic hydroxyl groups is 1. The Bertz CT molecular complexity index is 702. The van der Waals surface area contributed by atoms with Gasteiger partial charge >= 0.3 is 17.9 Å². The van der Waals surface area contributed by atoms with Gasteiger partial charge in [0.15, 0.2) is 0 Å². The van der Waals surface area contributed by atoms with Crippen LogP contribution < -0.4 is 0 Å². The number of allylic oxidation sites excluding steroid dienone is 1. The van der Waals surface area contributed by atoms with Crippen LogP contribution in [-0.2, 0) is 28.6 Å². The zero-order valence-corrected chi connectivity index (χ0v) is 16.6. The average Bonchev–Trinajstić information content (AvgIpc) is 2.90. The Kier molecular flexibility index (Phi) is 7.57. The fourth-order valence-corrected chi connectivity index (χ4v) is 3.22. The van der Waals surface area contributed by atoms with E-state index in [4.69, 9.17) is 14.2 Å². The first-order chi connectivity index (χ1) is 13.2. The summed E-state index contributed by atoms with van der Waals surface area (Å²) in [4.78, 5) is 34.9. The second-order valence-electron chi connectivity index (χ2n) is 7.46. The van der Waals surface area contributed by atoms with Gasteiger partial charge in [0.25, 0.3) is 0 Å². The summed E-state index contributed by atoms with van der Waals surface area (Å²) in [6.45, 7) is 8.76. The summed E-state index contributed by atoms with van der Waals surface area (Å²) in [5.41, 5.74) is 1.76. The lowest BCUT2D eigenvalue weighted by Gasteiger charge is -2.24. The summed E-state index contributed by atoms with van der Waals surface area (Å²) in [5.74, 6) is -2.12. The van der Waals surface area contributed by atoms with Gasteiger partial charge in [-0.25, -0.2) is 4.79 Å². The zero-order chi connectivity index (χ0) is 20.8. The van der Waals surface area contributed by atoms with Crippen LogP contribution in [0.5, 0.6) is 0 Å². The van der Waals surface area contributed by atoms with Crippen LogP contribution in [0.2, 0.25) is 0 Å². The van der Waals surface area contributed by atoms with Crippen molar-refractivity contribution in [2.45, 2.75) is 52.2 Å². The standard InChI is InChI=1S/C21H28O7/c1-12(2)20(24)27-11-15-6-5-7-16(10-26-14(4)22)9-18-19(17(23)8-15)13(3)21(25)28-18/h6,9,12,17-19,23H,3,5,7-8,10-11H2,1-2,4H3/b15-6-,16-9-. The molecule has 1 fully saturated rings. The van der Waals surface area contributed by atoms with E-state index in [9.17, 15) is 19.5 Å². The smallest absolute Gasteiger partial charge is 0.334 e. The van der Waals surface area contributed by atoms with Gasteiger partial charge in [0.2, 0.25) is 0 Å². The van der Waals surface area contributed by atoms with Crippen molar-refractivity contribution in [3.8, 4) is 0 Å². The van der Waals surface area contributed by atoms with Gasteiger partial charge in [0.1, 0.15) is 19.3 Å². The highest BCUT2D eigenvalue weighted by Gasteiger charge is 2.42. The Morgan fingerprint density at radius 3 is 2.61 bits per heavy atom. The lowest BCUT2D eigenvalue weighted by atomic mass is 9.85. The maximum Gasteiger partial charge on any atom is 0.334 e. The summed E-state index contributed by atoms with van der Waals surface area (Å²) in [6.07, 6.45) is 3.51. The summed E-state index contributed by atoms with van der Waals surface area (Å²) >= 11 is 0. The lowest BCUT2D eigenvalue weighted by Crippen LogP contribution is -2.30. The highest BCUT2D eigenvalue weighted by molar-refractivity contribution is 5.91. The van der Waals surface area contributed by atoms with Crippen molar-refractivity contribution in [1.82, 2.24) is 0 Å². The number of rotatable bonds is 5. The maximum atomic E-state index is 12.0. The monoisotopic (exact) mass is 392 g/mol. The molecule has 3 unspecified atom stereocenters. The largest absolute Gasteiger partial charge is 0.461 e. The first kappa shape index (κ1) is 21.9. The minimum atomic E-state index is -0.919. The quantitative estimate of drug-likeness (QED) is 0.331. The molecule has 0 spiro atoms. The fraction of sp³-hybridized carbons (Fsp3) is 0.571. The van der Waals surface area contributed by atoms with Gasteiger partial charge in [0.05, 0.1) is 17.9 Å². The molecule has 154 valence electrons. The van der Waals surface area contributed by atoms with Crippen LogP contribution in [0.1, 0.15) is 40.0 Å². The van der Waals surface area contributed by atoms with E-state index < -0.39 is 30.1 Å². The second-order valence-corrected chi connectivity index (χ2v) is 7.46. The Hall–Kier alpha value is -2.41. The number of carbonyl (C=O) groups is 3. The molecule has 3 atom stereocenters. The van der Waals surface area contributed by atoms with Gasteiger partial charge in [0, 0.05) is 12.5 Å². The highest BCUT2D eigenvalue weighted by atomic mass is 16.6. The van der Waals surface area contributed by atoms with Crippen molar-refractivity contribution in [3.63, 3.8) is 0 Å². The molecule has 1 aliphatic heterocycles. The molecule has 7 heteroatoms. The van der Waals surface area contributed by atoms with Crippen molar-refractivity contribution >= 4 is 17.9 Å². The molecule has 0 aromatic rings. The number of fused-ring (bicyclic) bond motifs is 1. The number of ether oxygens (including phenoxy) is 3. The highest BCUT2D eigenvalue weighted by Crippen LogP contribution is 2.34. The molecular weight excluding hydrogens is 364 g/mol. The third-order valence-electron chi connectivity index (χ3n) is 4.78. The van der Waals surface area contributed by atoms with E-state index in [1.54, 1.807) is 19.9 Å². The normalized spacial score (nSPS) is 29.1. The number of hydrogen-bond acceptors (Lipinski definition) is 7. The summed E-state index contributed by atoms with van der Waals surface area (Å²) in [6, 6.07) is 0. The third-order valence-corrected chi connectivity index (χ3v) is 4.78. The predicted octanol–water partition coefficient (Wildman–Crippen LogP) is 2.24. The zero-order valence-electron chi connectivity index (χ0n) is 16.6. The number of carbonyl (C=O) groups excluding carboxylic acids is 3. The molecule has 0 aromatic heterocycles. The second kappa shape index (κ2) is 9.68. The van der Waals surface area contributed by atoms with Crippen LogP contribution >= 0.6 is 0 Å². The Morgan fingerprint density at radius 1 is 1.29 bits per heavy atom. The summed E-state index contributed by atoms with van der Waals surface area (Å²) in [7, 11) is 0. The maximum absolute atomic E-state index is 12.0.